The second-order valence-electron chi connectivity index (χ2n) is 7.68. The summed E-state index contributed by atoms with van der Waals surface area (Å²) in [7, 11) is 0.146. The highest BCUT2D eigenvalue weighted by atomic mass is 32.2. The van der Waals surface area contributed by atoms with E-state index in [1.54, 1.807) is 0 Å². The van der Waals surface area contributed by atoms with E-state index in [0.717, 1.165) is 18.4 Å². The molecule has 1 saturated carbocycles. The Hall–Kier alpha value is -1.89. The summed E-state index contributed by atoms with van der Waals surface area (Å²) < 4.78 is 23.1. The minimum atomic E-state index is -1.22. The highest BCUT2D eigenvalue weighted by molar-refractivity contribution is 7.85. The zero-order chi connectivity index (χ0) is 20.5. The molecule has 156 valence electrons. The van der Waals surface area contributed by atoms with Gasteiger partial charge in [-0.05, 0) is 30.7 Å². The van der Waals surface area contributed by atoms with Crippen LogP contribution in [0.4, 0.5) is 4.79 Å². The Labute approximate surface area is 169 Å². The number of carbonyl (C=O) groups excluding carboxylic acids is 2. The van der Waals surface area contributed by atoms with Gasteiger partial charge in [-0.25, -0.2) is 4.79 Å². The third kappa shape index (κ3) is 6.93. The third-order valence-corrected chi connectivity index (χ3v) is 6.92. The van der Waals surface area contributed by atoms with Gasteiger partial charge in [0.15, 0.2) is 0 Å². The molecule has 28 heavy (non-hydrogen) atoms. The fourth-order valence-corrected chi connectivity index (χ4v) is 5.56. The molecule has 0 aliphatic heterocycles. The first-order valence-electron chi connectivity index (χ1n) is 9.83. The van der Waals surface area contributed by atoms with Crippen LogP contribution in [-0.2, 0) is 31.7 Å². The number of ether oxygens (including phenoxy) is 2. The first-order chi connectivity index (χ1) is 13.4. The van der Waals surface area contributed by atoms with E-state index in [2.05, 4.69) is 19.2 Å². The molecule has 1 aliphatic carbocycles. The van der Waals surface area contributed by atoms with Crippen LogP contribution < -0.4 is 5.32 Å². The SMILES string of the molecule is COC(=O)[C@@H]1CCC[C@H]1S(=O)C[C@H](CC(C)C)NC(=O)OCc1ccccc1. The number of esters is 1. The van der Waals surface area contributed by atoms with Crippen LogP contribution >= 0.6 is 0 Å². The second kappa shape index (κ2) is 11.2. The van der Waals surface area contributed by atoms with Crippen molar-refractivity contribution >= 4 is 22.9 Å². The zero-order valence-electron chi connectivity index (χ0n) is 16.9. The molecule has 0 aromatic heterocycles. The van der Waals surface area contributed by atoms with Gasteiger partial charge >= 0.3 is 12.1 Å². The molecule has 6 nitrogen and oxygen atoms in total. The molecular weight excluding hydrogens is 378 g/mol. The van der Waals surface area contributed by atoms with Crippen molar-refractivity contribution in [2.75, 3.05) is 12.9 Å². The third-order valence-electron chi connectivity index (χ3n) is 4.95. The lowest BCUT2D eigenvalue weighted by Gasteiger charge is -2.23. The van der Waals surface area contributed by atoms with Crippen LogP contribution in [0.1, 0.15) is 45.1 Å². The molecule has 0 radical (unpaired) electrons. The summed E-state index contributed by atoms with van der Waals surface area (Å²) in [5.41, 5.74) is 0.911. The average Bonchev–Trinajstić information content (AvgIpc) is 3.16. The fourth-order valence-electron chi connectivity index (χ4n) is 3.65. The largest absolute Gasteiger partial charge is 0.469 e. The van der Waals surface area contributed by atoms with Gasteiger partial charge in [0.25, 0.3) is 0 Å². The summed E-state index contributed by atoms with van der Waals surface area (Å²) in [6.07, 6.45) is 2.52. The predicted molar refractivity (Wildman–Crippen MR) is 109 cm³/mol. The van der Waals surface area contributed by atoms with Crippen LogP contribution in [0, 0.1) is 11.8 Å². The zero-order valence-corrected chi connectivity index (χ0v) is 17.7. The summed E-state index contributed by atoms with van der Waals surface area (Å²) in [4.78, 5) is 24.2. The molecule has 0 bridgehead atoms. The molecule has 1 aromatic rings. The molecular formula is C21H31NO5S. The minimum Gasteiger partial charge on any atom is -0.469 e. The first-order valence-corrected chi connectivity index (χ1v) is 11.2. The fraction of sp³-hybridized carbons (Fsp3) is 0.619. The van der Waals surface area contributed by atoms with E-state index >= 15 is 0 Å². The van der Waals surface area contributed by atoms with Gasteiger partial charge in [0.05, 0.1) is 13.0 Å². The topological polar surface area (TPSA) is 81.7 Å². The summed E-state index contributed by atoms with van der Waals surface area (Å²) in [5, 5.41) is 2.66. The van der Waals surface area contributed by atoms with Crippen molar-refractivity contribution in [1.29, 1.82) is 0 Å². The lowest BCUT2D eigenvalue weighted by molar-refractivity contribution is -0.145. The van der Waals surface area contributed by atoms with E-state index in [1.165, 1.54) is 7.11 Å². The van der Waals surface area contributed by atoms with E-state index in [-0.39, 0.29) is 29.8 Å². The van der Waals surface area contributed by atoms with Crippen molar-refractivity contribution in [1.82, 2.24) is 5.32 Å². The number of methoxy groups -OCH3 is 1. The van der Waals surface area contributed by atoms with Crippen LogP contribution in [0.15, 0.2) is 30.3 Å². The smallest absolute Gasteiger partial charge is 0.407 e. The Balaban J connectivity index is 1.92. The maximum absolute atomic E-state index is 12.9. The van der Waals surface area contributed by atoms with Gasteiger partial charge in [0.2, 0.25) is 0 Å². The van der Waals surface area contributed by atoms with Crippen LogP contribution in [0.2, 0.25) is 0 Å². The number of benzene rings is 1. The van der Waals surface area contributed by atoms with Gasteiger partial charge < -0.3 is 14.8 Å². The monoisotopic (exact) mass is 409 g/mol. The first kappa shape index (κ1) is 22.4. The Morgan fingerprint density at radius 3 is 2.57 bits per heavy atom. The predicted octanol–water partition coefficient (Wildman–Crippen LogP) is 3.42. The highest BCUT2D eigenvalue weighted by Crippen LogP contribution is 2.31. The Morgan fingerprint density at radius 1 is 1.21 bits per heavy atom. The van der Waals surface area contributed by atoms with E-state index in [1.807, 2.05) is 30.3 Å². The van der Waals surface area contributed by atoms with Crippen molar-refractivity contribution in [3.63, 3.8) is 0 Å². The van der Waals surface area contributed by atoms with Gasteiger partial charge in [-0.3, -0.25) is 9.00 Å². The molecule has 1 aliphatic rings. The van der Waals surface area contributed by atoms with Gasteiger partial charge in [0.1, 0.15) is 6.61 Å². The lowest BCUT2D eigenvalue weighted by atomic mass is 10.1. The van der Waals surface area contributed by atoms with Crippen LogP contribution in [0.25, 0.3) is 0 Å². The van der Waals surface area contributed by atoms with E-state index in [4.69, 9.17) is 9.47 Å². The molecule has 1 N–H and O–H groups in total. The molecule has 1 fully saturated rings. The number of carbonyl (C=O) groups is 2. The number of alkyl carbamates (subject to hydrolysis) is 1. The van der Waals surface area contributed by atoms with E-state index in [9.17, 15) is 13.8 Å². The number of rotatable bonds is 9. The summed E-state index contributed by atoms with van der Waals surface area (Å²) in [6, 6.07) is 9.20. The van der Waals surface area contributed by atoms with Crippen molar-refractivity contribution < 1.29 is 23.3 Å². The van der Waals surface area contributed by atoms with Crippen LogP contribution in [0.3, 0.4) is 0 Å². The van der Waals surface area contributed by atoms with Gasteiger partial charge in [-0.1, -0.05) is 50.6 Å². The minimum absolute atomic E-state index is 0.192. The Morgan fingerprint density at radius 2 is 1.93 bits per heavy atom. The van der Waals surface area contributed by atoms with Crippen LogP contribution in [-0.4, -0.2) is 40.4 Å². The van der Waals surface area contributed by atoms with Crippen molar-refractivity contribution in [2.24, 2.45) is 11.8 Å². The van der Waals surface area contributed by atoms with Crippen LogP contribution in [0.5, 0.6) is 0 Å². The molecule has 0 saturated heterocycles. The van der Waals surface area contributed by atoms with Gasteiger partial charge in [0, 0.05) is 27.8 Å². The maximum atomic E-state index is 12.9. The molecule has 7 heteroatoms. The van der Waals surface area contributed by atoms with E-state index in [0.29, 0.717) is 24.5 Å². The molecule has 0 spiro atoms. The lowest BCUT2D eigenvalue weighted by Crippen LogP contribution is -2.42. The molecule has 0 heterocycles. The molecule has 1 amide bonds. The molecule has 2 rings (SSSR count). The summed E-state index contributed by atoms with van der Waals surface area (Å²) in [6.45, 7) is 4.30. The second-order valence-corrected chi connectivity index (χ2v) is 9.38. The summed E-state index contributed by atoms with van der Waals surface area (Å²) >= 11 is 0. The van der Waals surface area contributed by atoms with E-state index < -0.39 is 16.9 Å². The average molecular weight is 410 g/mol. The maximum Gasteiger partial charge on any atom is 0.407 e. The van der Waals surface area contributed by atoms with Gasteiger partial charge in [-0.15, -0.1) is 0 Å². The number of hydrogen-bond donors (Lipinski definition) is 1. The molecule has 1 aromatic carbocycles. The highest BCUT2D eigenvalue weighted by Gasteiger charge is 2.38. The standard InChI is InChI=1S/C21H31NO5S/c1-15(2)12-17(22-21(24)27-13-16-8-5-4-6-9-16)14-28(25)19-11-7-10-18(19)20(23)26-3/h4-6,8-9,15,17-19H,7,10-14H2,1-3H3,(H,22,24)/t17-,18+,19+,28?/m0/s1. The quantitative estimate of drug-likeness (QED) is 0.632. The van der Waals surface area contributed by atoms with Crippen molar-refractivity contribution in [3.05, 3.63) is 35.9 Å². The Bertz CT molecular complexity index is 664. The number of amides is 1. The normalized spacial score (nSPS) is 21.1. The number of hydrogen-bond acceptors (Lipinski definition) is 5. The Kier molecular flexibility index (Phi) is 8.96. The molecule has 1 unspecified atom stereocenters. The number of nitrogens with one attached hydrogen (secondary N) is 1. The van der Waals surface area contributed by atoms with Crippen molar-refractivity contribution in [2.45, 2.75) is 57.4 Å². The summed E-state index contributed by atoms with van der Waals surface area (Å²) in [5.74, 6) is 0.0509. The van der Waals surface area contributed by atoms with Crippen molar-refractivity contribution in [3.8, 4) is 0 Å². The molecule has 4 atom stereocenters. The van der Waals surface area contributed by atoms with Gasteiger partial charge in [-0.2, -0.15) is 0 Å².